The minimum atomic E-state index is 0.00282. The van der Waals surface area contributed by atoms with Gasteiger partial charge in [0.2, 0.25) is 0 Å². The van der Waals surface area contributed by atoms with E-state index in [1.807, 2.05) is 6.92 Å². The Kier molecular flexibility index (Phi) is 6.09. The fraction of sp³-hybridized carbons (Fsp3) is 0.944. The number of likely N-dealkylation sites (tertiary alicyclic amines) is 1. The summed E-state index contributed by atoms with van der Waals surface area (Å²) < 4.78 is 5.30. The lowest BCUT2D eigenvalue weighted by Gasteiger charge is -2.49. The molecule has 0 aromatic carbocycles. The van der Waals surface area contributed by atoms with Gasteiger partial charge < -0.3 is 4.74 Å². The Labute approximate surface area is 130 Å². The van der Waals surface area contributed by atoms with Gasteiger partial charge in [-0.05, 0) is 64.0 Å². The lowest BCUT2D eigenvalue weighted by Crippen LogP contribution is -2.54. The summed E-state index contributed by atoms with van der Waals surface area (Å²) in [7, 11) is 0. The van der Waals surface area contributed by atoms with Crippen LogP contribution >= 0.6 is 0 Å². The summed E-state index contributed by atoms with van der Waals surface area (Å²) in [5, 5.41) is 0. The van der Waals surface area contributed by atoms with Crippen LogP contribution in [0.3, 0.4) is 0 Å². The van der Waals surface area contributed by atoms with Crippen molar-refractivity contribution in [3.8, 4) is 0 Å². The largest absolute Gasteiger partial charge is 0.466 e. The standard InChI is InChI=1S/C18H33NO2/c1-4-21-17(20)14-18(12-15(2)11-16(3)13-18)19-9-7-5-6-8-10-19/h15-16H,4-14H2,1-3H3. The predicted octanol–water partition coefficient (Wildman–Crippen LogP) is 4.01. The lowest BCUT2D eigenvalue weighted by atomic mass is 9.69. The molecule has 1 heterocycles. The third-order valence-corrected chi connectivity index (χ3v) is 5.32. The predicted molar refractivity (Wildman–Crippen MR) is 86.2 cm³/mol. The maximum atomic E-state index is 12.2. The monoisotopic (exact) mass is 295 g/mol. The van der Waals surface area contributed by atoms with Gasteiger partial charge in [0, 0.05) is 5.54 Å². The van der Waals surface area contributed by atoms with Crippen LogP contribution in [0.25, 0.3) is 0 Å². The van der Waals surface area contributed by atoms with Gasteiger partial charge in [-0.2, -0.15) is 0 Å². The average molecular weight is 295 g/mol. The van der Waals surface area contributed by atoms with Crippen LogP contribution in [0.15, 0.2) is 0 Å². The number of hydrogen-bond donors (Lipinski definition) is 0. The van der Waals surface area contributed by atoms with Crippen LogP contribution in [0.5, 0.6) is 0 Å². The first-order valence-electron chi connectivity index (χ1n) is 8.96. The zero-order valence-corrected chi connectivity index (χ0v) is 14.2. The molecule has 2 atom stereocenters. The van der Waals surface area contributed by atoms with Crippen molar-refractivity contribution in [1.29, 1.82) is 0 Å². The zero-order valence-electron chi connectivity index (χ0n) is 14.2. The number of hydrogen-bond acceptors (Lipinski definition) is 3. The van der Waals surface area contributed by atoms with Gasteiger partial charge in [0.1, 0.15) is 0 Å². The maximum Gasteiger partial charge on any atom is 0.307 e. The molecule has 3 nitrogen and oxygen atoms in total. The first-order valence-corrected chi connectivity index (χ1v) is 8.96. The molecule has 0 N–H and O–H groups in total. The quantitative estimate of drug-likeness (QED) is 0.734. The normalized spacial score (nSPS) is 35.2. The van der Waals surface area contributed by atoms with Crippen LogP contribution in [-0.2, 0) is 9.53 Å². The second-order valence-corrected chi connectivity index (χ2v) is 7.46. The number of ether oxygens (including phenoxy) is 1. The van der Waals surface area contributed by atoms with E-state index in [4.69, 9.17) is 4.74 Å². The van der Waals surface area contributed by atoms with Crippen molar-refractivity contribution in [2.45, 2.75) is 77.7 Å². The maximum absolute atomic E-state index is 12.2. The summed E-state index contributed by atoms with van der Waals surface area (Å²) in [6.07, 6.45) is 9.48. The van der Waals surface area contributed by atoms with Gasteiger partial charge >= 0.3 is 5.97 Å². The van der Waals surface area contributed by atoms with Crippen molar-refractivity contribution in [3.63, 3.8) is 0 Å². The molecule has 1 saturated carbocycles. The molecule has 2 aliphatic rings. The summed E-state index contributed by atoms with van der Waals surface area (Å²) in [6, 6.07) is 0. The van der Waals surface area contributed by atoms with Gasteiger partial charge in [-0.1, -0.05) is 26.7 Å². The Morgan fingerprint density at radius 3 is 2.19 bits per heavy atom. The third-order valence-electron chi connectivity index (χ3n) is 5.32. The molecule has 2 fully saturated rings. The van der Waals surface area contributed by atoms with E-state index in [0.717, 1.165) is 12.8 Å². The molecule has 0 aromatic rings. The molecule has 3 heteroatoms. The van der Waals surface area contributed by atoms with Gasteiger partial charge in [0.25, 0.3) is 0 Å². The van der Waals surface area contributed by atoms with Crippen molar-refractivity contribution in [3.05, 3.63) is 0 Å². The van der Waals surface area contributed by atoms with Crippen molar-refractivity contribution in [1.82, 2.24) is 4.90 Å². The summed E-state index contributed by atoms with van der Waals surface area (Å²) in [4.78, 5) is 14.9. The number of rotatable bonds is 4. The Bertz CT molecular complexity index is 324. The molecule has 0 amide bonds. The van der Waals surface area contributed by atoms with Gasteiger partial charge in [-0.25, -0.2) is 0 Å². The highest BCUT2D eigenvalue weighted by atomic mass is 16.5. The Morgan fingerprint density at radius 1 is 1.10 bits per heavy atom. The average Bonchev–Trinajstić information content (AvgIpc) is 2.66. The fourth-order valence-corrected chi connectivity index (χ4v) is 4.77. The van der Waals surface area contributed by atoms with Gasteiger partial charge in [-0.15, -0.1) is 0 Å². The molecule has 0 aromatic heterocycles. The Hall–Kier alpha value is -0.570. The summed E-state index contributed by atoms with van der Waals surface area (Å²) in [6.45, 7) is 9.45. The molecule has 0 bridgehead atoms. The van der Waals surface area contributed by atoms with Crippen LogP contribution in [-0.4, -0.2) is 36.1 Å². The first-order chi connectivity index (χ1) is 10.1. The molecule has 0 radical (unpaired) electrons. The molecule has 1 aliphatic carbocycles. The van der Waals surface area contributed by atoms with Crippen molar-refractivity contribution < 1.29 is 9.53 Å². The van der Waals surface area contributed by atoms with Crippen LogP contribution in [0, 0.1) is 11.8 Å². The van der Waals surface area contributed by atoms with E-state index in [2.05, 4.69) is 18.7 Å². The summed E-state index contributed by atoms with van der Waals surface area (Å²) in [5.74, 6) is 1.43. The number of esters is 1. The third kappa shape index (κ3) is 4.45. The topological polar surface area (TPSA) is 29.5 Å². The Morgan fingerprint density at radius 2 is 1.67 bits per heavy atom. The smallest absolute Gasteiger partial charge is 0.307 e. The Balaban J connectivity index is 2.17. The van der Waals surface area contributed by atoms with Crippen molar-refractivity contribution in [2.24, 2.45) is 11.8 Å². The minimum Gasteiger partial charge on any atom is -0.466 e. The van der Waals surface area contributed by atoms with Crippen molar-refractivity contribution >= 4 is 5.97 Å². The van der Waals surface area contributed by atoms with E-state index >= 15 is 0 Å². The van der Waals surface area contributed by atoms with Gasteiger partial charge in [0.15, 0.2) is 0 Å². The molecule has 122 valence electrons. The first kappa shape index (κ1) is 16.8. The highest BCUT2D eigenvalue weighted by Gasteiger charge is 2.44. The van der Waals surface area contributed by atoms with E-state index in [1.54, 1.807) is 0 Å². The second kappa shape index (κ2) is 7.62. The fourth-order valence-electron chi connectivity index (χ4n) is 4.77. The highest BCUT2D eigenvalue weighted by Crippen LogP contribution is 2.43. The van der Waals surface area contributed by atoms with Gasteiger partial charge in [-0.3, -0.25) is 9.69 Å². The molecule has 1 aliphatic heterocycles. The molecular weight excluding hydrogens is 262 g/mol. The van der Waals surface area contributed by atoms with Crippen LogP contribution in [0.4, 0.5) is 0 Å². The van der Waals surface area contributed by atoms with E-state index in [1.165, 1.54) is 45.2 Å². The number of carbonyl (C=O) groups is 1. The SMILES string of the molecule is CCOC(=O)CC1(N2CCCCCC2)CC(C)CC(C)C1. The van der Waals surface area contributed by atoms with Crippen LogP contribution in [0.1, 0.15) is 72.1 Å². The molecule has 2 unspecified atom stereocenters. The van der Waals surface area contributed by atoms with E-state index in [9.17, 15) is 4.79 Å². The molecule has 21 heavy (non-hydrogen) atoms. The van der Waals surface area contributed by atoms with E-state index < -0.39 is 0 Å². The van der Waals surface area contributed by atoms with E-state index in [0.29, 0.717) is 24.9 Å². The number of carbonyl (C=O) groups excluding carboxylic acids is 1. The summed E-state index contributed by atoms with van der Waals surface area (Å²) in [5.41, 5.74) is 0.0632. The lowest BCUT2D eigenvalue weighted by molar-refractivity contribution is -0.148. The molecule has 0 spiro atoms. The highest BCUT2D eigenvalue weighted by molar-refractivity contribution is 5.71. The summed E-state index contributed by atoms with van der Waals surface area (Å²) >= 11 is 0. The molecular formula is C18H33NO2. The second-order valence-electron chi connectivity index (χ2n) is 7.46. The minimum absolute atomic E-state index is 0.00282. The van der Waals surface area contributed by atoms with Gasteiger partial charge in [0.05, 0.1) is 13.0 Å². The number of nitrogens with zero attached hydrogens (tertiary/aromatic N) is 1. The van der Waals surface area contributed by atoms with E-state index in [-0.39, 0.29) is 11.5 Å². The van der Waals surface area contributed by atoms with Crippen LogP contribution < -0.4 is 0 Å². The van der Waals surface area contributed by atoms with Crippen LogP contribution in [0.2, 0.25) is 0 Å². The van der Waals surface area contributed by atoms with Crippen molar-refractivity contribution in [2.75, 3.05) is 19.7 Å². The zero-order chi connectivity index (χ0) is 15.3. The molecule has 1 saturated heterocycles. The molecule has 2 rings (SSSR count).